The quantitative estimate of drug-likeness (QED) is 0.872. The minimum absolute atomic E-state index is 0.491. The molecule has 0 aliphatic heterocycles. The van der Waals surface area contributed by atoms with E-state index in [0.29, 0.717) is 17.9 Å². The molecular weight excluding hydrogens is 210 g/mol. The van der Waals surface area contributed by atoms with Crippen molar-refractivity contribution in [3.05, 3.63) is 23.8 Å². The van der Waals surface area contributed by atoms with Gasteiger partial charge in [0.15, 0.2) is 0 Å². The second kappa shape index (κ2) is 5.58. The molecule has 1 aromatic heterocycles. The summed E-state index contributed by atoms with van der Waals surface area (Å²) in [5.41, 5.74) is 1.17. The molecule has 1 aliphatic carbocycles. The number of nitrogens with zero attached hydrogens (tertiary/aromatic N) is 2. The molecule has 0 saturated heterocycles. The van der Waals surface area contributed by atoms with Gasteiger partial charge < -0.3 is 5.32 Å². The van der Waals surface area contributed by atoms with Crippen molar-refractivity contribution in [2.45, 2.75) is 57.4 Å². The van der Waals surface area contributed by atoms with Gasteiger partial charge in [-0.15, -0.1) is 0 Å². The molecule has 1 heterocycles. The molecule has 0 aromatic carbocycles. The summed E-state index contributed by atoms with van der Waals surface area (Å²) in [6, 6.07) is 2.73. The van der Waals surface area contributed by atoms with Gasteiger partial charge in [-0.1, -0.05) is 13.8 Å². The lowest BCUT2D eigenvalue weighted by Gasteiger charge is -2.27. The molecule has 0 spiro atoms. The van der Waals surface area contributed by atoms with E-state index in [2.05, 4.69) is 31.2 Å². The fourth-order valence-electron chi connectivity index (χ4n) is 2.55. The van der Waals surface area contributed by atoms with Crippen LogP contribution in [0.3, 0.4) is 0 Å². The summed E-state index contributed by atoms with van der Waals surface area (Å²) >= 11 is 0. The molecule has 0 radical (unpaired) electrons. The van der Waals surface area contributed by atoms with E-state index in [1.165, 1.54) is 31.4 Å². The van der Waals surface area contributed by atoms with Crippen molar-refractivity contribution in [1.82, 2.24) is 15.3 Å². The first kappa shape index (κ1) is 12.5. The number of hydrogen-bond donors (Lipinski definition) is 1. The molecule has 1 aromatic rings. The Bertz CT molecular complexity index is 354. The highest BCUT2D eigenvalue weighted by molar-refractivity contribution is 5.09. The molecule has 94 valence electrons. The smallest absolute Gasteiger partial charge is 0.131 e. The van der Waals surface area contributed by atoms with Crippen molar-refractivity contribution >= 4 is 0 Å². The fourth-order valence-corrected chi connectivity index (χ4v) is 2.55. The van der Waals surface area contributed by atoms with Gasteiger partial charge in [-0.3, -0.25) is 0 Å². The molecule has 0 bridgehead atoms. The Morgan fingerprint density at radius 3 is 2.53 bits per heavy atom. The monoisotopic (exact) mass is 233 g/mol. The normalized spacial score (nSPS) is 25.2. The Morgan fingerprint density at radius 2 is 1.94 bits per heavy atom. The van der Waals surface area contributed by atoms with E-state index >= 15 is 0 Å². The van der Waals surface area contributed by atoms with Gasteiger partial charge in [0.25, 0.3) is 0 Å². The van der Waals surface area contributed by atoms with E-state index in [-0.39, 0.29) is 0 Å². The summed E-state index contributed by atoms with van der Waals surface area (Å²) in [6.07, 6.45) is 6.84. The minimum atomic E-state index is 0.491. The van der Waals surface area contributed by atoms with Crippen LogP contribution >= 0.6 is 0 Å². The molecule has 0 atom stereocenters. The van der Waals surface area contributed by atoms with Crippen molar-refractivity contribution in [2.24, 2.45) is 0 Å². The first-order valence-electron chi connectivity index (χ1n) is 6.70. The van der Waals surface area contributed by atoms with Gasteiger partial charge in [0.2, 0.25) is 0 Å². The lowest BCUT2D eigenvalue weighted by molar-refractivity contribution is 0.350. The summed E-state index contributed by atoms with van der Waals surface area (Å²) < 4.78 is 0. The van der Waals surface area contributed by atoms with E-state index in [9.17, 15) is 0 Å². The average Bonchev–Trinajstić information content (AvgIpc) is 2.39. The third kappa shape index (κ3) is 3.03. The second-order valence-electron chi connectivity index (χ2n) is 5.33. The van der Waals surface area contributed by atoms with Gasteiger partial charge in [-0.05, 0) is 44.7 Å². The van der Waals surface area contributed by atoms with Crippen molar-refractivity contribution in [2.75, 3.05) is 7.05 Å². The molecule has 2 rings (SSSR count). The summed E-state index contributed by atoms with van der Waals surface area (Å²) in [7, 11) is 2.06. The van der Waals surface area contributed by atoms with Crippen molar-refractivity contribution in [3.63, 3.8) is 0 Å². The van der Waals surface area contributed by atoms with Crippen LogP contribution in [0.15, 0.2) is 12.3 Å². The highest BCUT2D eigenvalue weighted by Gasteiger charge is 2.23. The summed E-state index contributed by atoms with van der Waals surface area (Å²) in [5.74, 6) is 2.12. The molecule has 3 heteroatoms. The Labute approximate surface area is 104 Å². The molecule has 17 heavy (non-hydrogen) atoms. The van der Waals surface area contributed by atoms with E-state index in [1.807, 2.05) is 12.3 Å². The summed E-state index contributed by atoms with van der Waals surface area (Å²) in [5, 5.41) is 3.36. The van der Waals surface area contributed by atoms with Crippen LogP contribution in [-0.4, -0.2) is 23.1 Å². The number of aromatic nitrogens is 2. The molecule has 3 nitrogen and oxygen atoms in total. The first-order chi connectivity index (χ1) is 8.20. The van der Waals surface area contributed by atoms with E-state index in [0.717, 1.165) is 5.82 Å². The van der Waals surface area contributed by atoms with Gasteiger partial charge in [-0.2, -0.15) is 0 Å². The SMILES string of the molecule is CNC1CCC(c2nccc(C(C)C)n2)CC1. The molecule has 1 aliphatic rings. The number of hydrogen-bond acceptors (Lipinski definition) is 3. The number of nitrogens with one attached hydrogen (secondary N) is 1. The van der Waals surface area contributed by atoms with Gasteiger partial charge >= 0.3 is 0 Å². The molecule has 1 fully saturated rings. The third-order valence-corrected chi connectivity index (χ3v) is 3.79. The highest BCUT2D eigenvalue weighted by Crippen LogP contribution is 2.31. The first-order valence-corrected chi connectivity index (χ1v) is 6.70. The average molecular weight is 233 g/mol. The van der Waals surface area contributed by atoms with Crippen LogP contribution in [0.1, 0.15) is 62.9 Å². The van der Waals surface area contributed by atoms with Crippen molar-refractivity contribution in [3.8, 4) is 0 Å². The molecular formula is C14H23N3. The second-order valence-corrected chi connectivity index (χ2v) is 5.33. The molecule has 0 unspecified atom stereocenters. The zero-order chi connectivity index (χ0) is 12.3. The predicted octanol–water partition coefficient (Wildman–Crippen LogP) is 2.85. The van der Waals surface area contributed by atoms with Gasteiger partial charge in [0.05, 0.1) is 0 Å². The molecule has 1 N–H and O–H groups in total. The van der Waals surface area contributed by atoms with E-state index < -0.39 is 0 Å². The Kier molecular flexibility index (Phi) is 4.11. The standard InChI is InChI=1S/C14H23N3/c1-10(2)13-8-9-16-14(17-13)11-4-6-12(15-3)7-5-11/h8-12,15H,4-7H2,1-3H3. The topological polar surface area (TPSA) is 37.8 Å². The Balaban J connectivity index is 2.05. The fraction of sp³-hybridized carbons (Fsp3) is 0.714. The van der Waals surface area contributed by atoms with Crippen LogP contribution in [0.5, 0.6) is 0 Å². The summed E-state index contributed by atoms with van der Waals surface area (Å²) in [4.78, 5) is 9.18. The largest absolute Gasteiger partial charge is 0.317 e. The molecule has 0 amide bonds. The maximum atomic E-state index is 4.72. The maximum absolute atomic E-state index is 4.72. The van der Waals surface area contributed by atoms with Crippen LogP contribution in [0.4, 0.5) is 0 Å². The van der Waals surface area contributed by atoms with Crippen molar-refractivity contribution < 1.29 is 0 Å². The summed E-state index contributed by atoms with van der Waals surface area (Å²) in [6.45, 7) is 4.37. The van der Waals surface area contributed by atoms with Gasteiger partial charge in [-0.25, -0.2) is 9.97 Å². The lowest BCUT2D eigenvalue weighted by atomic mass is 9.85. The highest BCUT2D eigenvalue weighted by atomic mass is 14.9. The van der Waals surface area contributed by atoms with Gasteiger partial charge in [0.1, 0.15) is 5.82 Å². The minimum Gasteiger partial charge on any atom is -0.317 e. The maximum Gasteiger partial charge on any atom is 0.131 e. The Hall–Kier alpha value is -0.960. The lowest BCUT2D eigenvalue weighted by Crippen LogP contribution is -2.30. The zero-order valence-electron chi connectivity index (χ0n) is 11.1. The zero-order valence-corrected chi connectivity index (χ0v) is 11.1. The van der Waals surface area contributed by atoms with Crippen LogP contribution < -0.4 is 5.32 Å². The van der Waals surface area contributed by atoms with E-state index in [4.69, 9.17) is 4.98 Å². The van der Waals surface area contributed by atoms with Crippen LogP contribution in [0.25, 0.3) is 0 Å². The Morgan fingerprint density at radius 1 is 1.24 bits per heavy atom. The van der Waals surface area contributed by atoms with Gasteiger partial charge in [0, 0.05) is 23.9 Å². The van der Waals surface area contributed by atoms with Crippen LogP contribution in [0, 0.1) is 0 Å². The van der Waals surface area contributed by atoms with E-state index in [1.54, 1.807) is 0 Å². The predicted molar refractivity (Wildman–Crippen MR) is 70.2 cm³/mol. The number of rotatable bonds is 3. The van der Waals surface area contributed by atoms with Crippen molar-refractivity contribution in [1.29, 1.82) is 0 Å². The van der Waals surface area contributed by atoms with Crippen LogP contribution in [-0.2, 0) is 0 Å². The molecule has 1 saturated carbocycles. The third-order valence-electron chi connectivity index (χ3n) is 3.79. The van der Waals surface area contributed by atoms with Crippen LogP contribution in [0.2, 0.25) is 0 Å².